The largest absolute Gasteiger partial charge is 0.365 e. The van der Waals surface area contributed by atoms with Crippen molar-refractivity contribution in [3.8, 4) is 0 Å². The summed E-state index contributed by atoms with van der Waals surface area (Å²) in [5.41, 5.74) is 0.786. The second-order valence-corrected chi connectivity index (χ2v) is 3.12. The SMILES string of the molecule is Cl.O=c1[nH]cccc1N1CCNCC1. The van der Waals surface area contributed by atoms with Gasteiger partial charge in [0.1, 0.15) is 5.69 Å². The number of nitrogens with one attached hydrogen (secondary N) is 2. The molecule has 1 saturated heterocycles. The van der Waals surface area contributed by atoms with Crippen molar-refractivity contribution in [3.05, 3.63) is 28.7 Å². The fourth-order valence-corrected chi connectivity index (χ4v) is 1.57. The van der Waals surface area contributed by atoms with Gasteiger partial charge in [-0.15, -0.1) is 12.4 Å². The average Bonchev–Trinajstić information content (AvgIpc) is 2.20. The molecule has 2 rings (SSSR count). The Kier molecular flexibility index (Phi) is 3.98. The van der Waals surface area contributed by atoms with Crippen LogP contribution in [0.4, 0.5) is 5.69 Å². The molecule has 1 aliphatic heterocycles. The number of aromatic nitrogens is 1. The first kappa shape index (κ1) is 11.1. The van der Waals surface area contributed by atoms with Crippen molar-refractivity contribution in [2.24, 2.45) is 0 Å². The van der Waals surface area contributed by atoms with Gasteiger partial charge in [-0.25, -0.2) is 0 Å². The number of anilines is 1. The van der Waals surface area contributed by atoms with Crippen LogP contribution in [0.2, 0.25) is 0 Å². The van der Waals surface area contributed by atoms with Crippen LogP contribution >= 0.6 is 12.4 Å². The Labute approximate surface area is 88.7 Å². The summed E-state index contributed by atoms with van der Waals surface area (Å²) < 4.78 is 0. The van der Waals surface area contributed by atoms with E-state index in [1.54, 1.807) is 6.20 Å². The van der Waals surface area contributed by atoms with Crippen LogP contribution in [0.1, 0.15) is 0 Å². The first-order valence-electron chi connectivity index (χ1n) is 4.51. The lowest BCUT2D eigenvalue weighted by molar-refractivity contribution is 0.587. The van der Waals surface area contributed by atoms with Crippen molar-refractivity contribution in [2.45, 2.75) is 0 Å². The van der Waals surface area contributed by atoms with Crippen LogP contribution in [0.25, 0.3) is 0 Å². The summed E-state index contributed by atoms with van der Waals surface area (Å²) in [6.45, 7) is 3.73. The molecule has 0 saturated carbocycles. The van der Waals surface area contributed by atoms with Crippen LogP contribution in [0.15, 0.2) is 23.1 Å². The van der Waals surface area contributed by atoms with Gasteiger partial charge < -0.3 is 15.2 Å². The summed E-state index contributed by atoms with van der Waals surface area (Å²) in [6.07, 6.45) is 1.66. The highest BCUT2D eigenvalue weighted by Crippen LogP contribution is 2.06. The third-order valence-electron chi connectivity index (χ3n) is 2.26. The molecule has 0 atom stereocenters. The molecule has 0 spiro atoms. The summed E-state index contributed by atoms with van der Waals surface area (Å²) in [7, 11) is 0. The highest BCUT2D eigenvalue weighted by atomic mass is 35.5. The molecule has 0 unspecified atom stereocenters. The van der Waals surface area contributed by atoms with E-state index in [2.05, 4.69) is 15.2 Å². The number of aromatic amines is 1. The van der Waals surface area contributed by atoms with Crippen molar-refractivity contribution in [1.82, 2.24) is 10.3 Å². The van der Waals surface area contributed by atoms with Crippen molar-refractivity contribution in [2.75, 3.05) is 31.1 Å². The molecule has 1 fully saturated rings. The molecule has 1 aromatic heterocycles. The Bertz CT molecular complexity index is 333. The normalized spacial score (nSPS) is 16.1. The molecular weight excluding hydrogens is 202 g/mol. The molecule has 5 heteroatoms. The lowest BCUT2D eigenvalue weighted by Gasteiger charge is -2.28. The highest BCUT2D eigenvalue weighted by Gasteiger charge is 2.12. The lowest BCUT2D eigenvalue weighted by atomic mass is 10.3. The standard InChI is InChI=1S/C9H13N3O.ClH/c13-9-8(2-1-3-11-9)12-6-4-10-5-7-12;/h1-3,10H,4-7H2,(H,11,13);1H. The third-order valence-corrected chi connectivity index (χ3v) is 2.26. The van der Waals surface area contributed by atoms with Gasteiger partial charge in [0.15, 0.2) is 0 Å². The van der Waals surface area contributed by atoms with E-state index in [0.717, 1.165) is 31.9 Å². The monoisotopic (exact) mass is 215 g/mol. The van der Waals surface area contributed by atoms with Crippen molar-refractivity contribution in [1.29, 1.82) is 0 Å². The second kappa shape index (κ2) is 5.02. The first-order valence-corrected chi connectivity index (χ1v) is 4.51. The Morgan fingerprint density at radius 3 is 2.64 bits per heavy atom. The van der Waals surface area contributed by atoms with Gasteiger partial charge >= 0.3 is 0 Å². The molecule has 78 valence electrons. The molecule has 14 heavy (non-hydrogen) atoms. The predicted octanol–water partition coefficient (Wildman–Crippen LogP) is 0.206. The minimum atomic E-state index is 0. The summed E-state index contributed by atoms with van der Waals surface area (Å²) in [6, 6.07) is 3.73. The van der Waals surface area contributed by atoms with Gasteiger partial charge in [0.2, 0.25) is 0 Å². The van der Waals surface area contributed by atoms with Crippen LogP contribution in [0, 0.1) is 0 Å². The smallest absolute Gasteiger partial charge is 0.271 e. The molecule has 4 nitrogen and oxygen atoms in total. The van der Waals surface area contributed by atoms with Gasteiger partial charge in [0, 0.05) is 32.4 Å². The van der Waals surface area contributed by atoms with Crippen LogP contribution in [-0.2, 0) is 0 Å². The fourth-order valence-electron chi connectivity index (χ4n) is 1.57. The van der Waals surface area contributed by atoms with E-state index in [9.17, 15) is 4.79 Å². The molecule has 1 aliphatic rings. The molecule has 0 amide bonds. The fraction of sp³-hybridized carbons (Fsp3) is 0.444. The summed E-state index contributed by atoms with van der Waals surface area (Å²) in [5, 5.41) is 3.25. The Morgan fingerprint density at radius 2 is 2.00 bits per heavy atom. The van der Waals surface area contributed by atoms with Gasteiger partial charge in [-0.3, -0.25) is 4.79 Å². The zero-order valence-electron chi connectivity index (χ0n) is 7.82. The number of halogens is 1. The second-order valence-electron chi connectivity index (χ2n) is 3.12. The van der Waals surface area contributed by atoms with E-state index in [0.29, 0.717) is 0 Å². The molecule has 0 bridgehead atoms. The Hall–Kier alpha value is -1.00. The van der Waals surface area contributed by atoms with Crippen molar-refractivity contribution < 1.29 is 0 Å². The number of hydrogen-bond donors (Lipinski definition) is 2. The Morgan fingerprint density at radius 1 is 1.29 bits per heavy atom. The van der Waals surface area contributed by atoms with E-state index in [-0.39, 0.29) is 18.0 Å². The number of hydrogen-bond acceptors (Lipinski definition) is 3. The highest BCUT2D eigenvalue weighted by molar-refractivity contribution is 5.85. The summed E-state index contributed by atoms with van der Waals surface area (Å²) >= 11 is 0. The molecule has 2 heterocycles. The third kappa shape index (κ3) is 2.27. The van der Waals surface area contributed by atoms with Gasteiger partial charge in [0.25, 0.3) is 5.56 Å². The van der Waals surface area contributed by atoms with Crippen LogP contribution in [0.3, 0.4) is 0 Å². The number of H-pyrrole nitrogens is 1. The van der Waals surface area contributed by atoms with E-state index in [1.165, 1.54) is 0 Å². The minimum absolute atomic E-state index is 0. The van der Waals surface area contributed by atoms with Gasteiger partial charge in [0.05, 0.1) is 0 Å². The van der Waals surface area contributed by atoms with Crippen molar-refractivity contribution in [3.63, 3.8) is 0 Å². The molecule has 1 aromatic rings. The quantitative estimate of drug-likeness (QED) is 0.704. The molecule has 0 radical (unpaired) electrons. The van der Waals surface area contributed by atoms with E-state index in [1.807, 2.05) is 12.1 Å². The van der Waals surface area contributed by atoms with E-state index in [4.69, 9.17) is 0 Å². The maximum absolute atomic E-state index is 11.4. The molecular formula is C9H14ClN3O. The zero-order valence-corrected chi connectivity index (χ0v) is 8.64. The van der Waals surface area contributed by atoms with Crippen LogP contribution in [0.5, 0.6) is 0 Å². The molecule has 0 aliphatic carbocycles. The van der Waals surface area contributed by atoms with Crippen LogP contribution in [-0.4, -0.2) is 31.2 Å². The number of pyridine rings is 1. The topological polar surface area (TPSA) is 48.1 Å². The minimum Gasteiger partial charge on any atom is -0.365 e. The summed E-state index contributed by atoms with van der Waals surface area (Å²) in [4.78, 5) is 16.2. The number of rotatable bonds is 1. The average molecular weight is 216 g/mol. The number of piperazine rings is 1. The number of nitrogens with zero attached hydrogens (tertiary/aromatic N) is 1. The van der Waals surface area contributed by atoms with Gasteiger partial charge in [-0.05, 0) is 12.1 Å². The van der Waals surface area contributed by atoms with Gasteiger partial charge in [-0.2, -0.15) is 0 Å². The van der Waals surface area contributed by atoms with Gasteiger partial charge in [-0.1, -0.05) is 0 Å². The summed E-state index contributed by atoms with van der Waals surface area (Å²) in [5.74, 6) is 0. The van der Waals surface area contributed by atoms with Crippen LogP contribution < -0.4 is 15.8 Å². The maximum Gasteiger partial charge on any atom is 0.271 e. The predicted molar refractivity (Wildman–Crippen MR) is 59.4 cm³/mol. The van der Waals surface area contributed by atoms with E-state index >= 15 is 0 Å². The lowest BCUT2D eigenvalue weighted by Crippen LogP contribution is -2.45. The zero-order chi connectivity index (χ0) is 9.10. The first-order chi connectivity index (χ1) is 6.38. The van der Waals surface area contributed by atoms with Crippen molar-refractivity contribution >= 4 is 18.1 Å². The Balaban J connectivity index is 0.000000980. The maximum atomic E-state index is 11.4. The van der Waals surface area contributed by atoms with E-state index < -0.39 is 0 Å². The molecule has 2 N–H and O–H groups in total. The molecule has 0 aromatic carbocycles.